The third-order valence-corrected chi connectivity index (χ3v) is 2.17. The minimum Gasteiger partial charge on any atom is -1.00 e. The maximum Gasteiger partial charge on any atom is 0.249 e. The van der Waals surface area contributed by atoms with Crippen LogP contribution in [0.3, 0.4) is 0 Å². The zero-order chi connectivity index (χ0) is 10.7. The van der Waals surface area contributed by atoms with E-state index in [-0.39, 0.29) is 12.4 Å². The number of pyridine rings is 1. The second-order valence-corrected chi connectivity index (χ2v) is 3.19. The Morgan fingerprint density at radius 1 is 1.00 bits per heavy atom. The van der Waals surface area contributed by atoms with Gasteiger partial charge in [0.15, 0.2) is 12.4 Å². The number of rotatable bonds is 2. The summed E-state index contributed by atoms with van der Waals surface area (Å²) >= 11 is 0. The fourth-order valence-electron chi connectivity index (χ4n) is 1.36. The summed E-state index contributed by atoms with van der Waals surface area (Å²) < 4.78 is 1.92. The summed E-state index contributed by atoms with van der Waals surface area (Å²) in [6.45, 7) is 0. The first-order valence-corrected chi connectivity index (χ1v) is 4.64. The van der Waals surface area contributed by atoms with Gasteiger partial charge in [-0.1, -0.05) is 18.2 Å². The number of halogens is 1. The standard InChI is InChI=1S/C12H10N2O.ClH/c13-12(15)10-6-8-14(9-7-10)11-4-2-1-3-5-11;/h1-9H,(H-,13,15);1H. The molecule has 1 amide bonds. The van der Waals surface area contributed by atoms with E-state index in [1.165, 1.54) is 0 Å². The molecule has 3 nitrogen and oxygen atoms in total. The van der Waals surface area contributed by atoms with Crippen LogP contribution in [0.25, 0.3) is 5.69 Å². The number of nitrogens with zero attached hydrogens (tertiary/aromatic N) is 1. The molecule has 0 unspecified atom stereocenters. The zero-order valence-corrected chi connectivity index (χ0v) is 9.26. The number of carbonyl (C=O) groups is 1. The van der Waals surface area contributed by atoms with Gasteiger partial charge in [-0.3, -0.25) is 4.79 Å². The maximum atomic E-state index is 10.9. The van der Waals surface area contributed by atoms with E-state index in [4.69, 9.17) is 5.73 Å². The lowest BCUT2D eigenvalue weighted by molar-refractivity contribution is -0.595. The summed E-state index contributed by atoms with van der Waals surface area (Å²) in [5.41, 5.74) is 6.72. The third kappa shape index (κ3) is 2.58. The molecule has 0 bridgehead atoms. The molecule has 4 heteroatoms. The Balaban J connectivity index is 0.00000128. The molecule has 82 valence electrons. The van der Waals surface area contributed by atoms with E-state index in [1.807, 2.05) is 47.3 Å². The Bertz CT molecular complexity index is 468. The van der Waals surface area contributed by atoms with Crippen LogP contribution in [0.15, 0.2) is 54.9 Å². The van der Waals surface area contributed by atoms with E-state index < -0.39 is 5.91 Å². The van der Waals surface area contributed by atoms with Crippen LogP contribution >= 0.6 is 0 Å². The Kier molecular flexibility index (Phi) is 4.03. The number of carbonyl (C=O) groups excluding carboxylic acids is 1. The normalized spacial score (nSPS) is 9.25. The highest BCUT2D eigenvalue weighted by Crippen LogP contribution is 1.99. The SMILES string of the molecule is NC(=O)c1cc[n+](-c2ccccc2)cc1.[Cl-]. The average Bonchev–Trinajstić information content (AvgIpc) is 2.30. The second kappa shape index (κ2) is 5.28. The first kappa shape index (κ1) is 12.2. The van der Waals surface area contributed by atoms with Crippen molar-refractivity contribution in [3.8, 4) is 5.69 Å². The molecule has 0 spiro atoms. The molecule has 0 fully saturated rings. The second-order valence-electron chi connectivity index (χ2n) is 3.19. The largest absolute Gasteiger partial charge is 1.00 e. The molecule has 0 radical (unpaired) electrons. The number of amides is 1. The summed E-state index contributed by atoms with van der Waals surface area (Å²) in [5, 5.41) is 0. The first-order valence-electron chi connectivity index (χ1n) is 4.64. The topological polar surface area (TPSA) is 47.0 Å². The van der Waals surface area contributed by atoms with Crippen molar-refractivity contribution in [2.24, 2.45) is 5.73 Å². The van der Waals surface area contributed by atoms with Gasteiger partial charge in [-0.2, -0.15) is 4.57 Å². The lowest BCUT2D eigenvalue weighted by Crippen LogP contribution is -3.00. The Labute approximate surface area is 99.9 Å². The van der Waals surface area contributed by atoms with Gasteiger partial charge < -0.3 is 18.1 Å². The highest BCUT2D eigenvalue weighted by Gasteiger charge is 2.06. The van der Waals surface area contributed by atoms with Gasteiger partial charge in [-0.15, -0.1) is 0 Å². The maximum absolute atomic E-state index is 10.9. The van der Waals surface area contributed by atoms with E-state index in [9.17, 15) is 4.79 Å². The van der Waals surface area contributed by atoms with Crippen LogP contribution < -0.4 is 22.7 Å². The molecule has 16 heavy (non-hydrogen) atoms. The van der Waals surface area contributed by atoms with Crippen LogP contribution in [0, 0.1) is 0 Å². The van der Waals surface area contributed by atoms with Gasteiger partial charge in [0, 0.05) is 24.3 Å². The van der Waals surface area contributed by atoms with Gasteiger partial charge in [0.05, 0.1) is 5.56 Å². The Hall–Kier alpha value is -1.87. The number of primary amides is 1. The highest BCUT2D eigenvalue weighted by molar-refractivity contribution is 5.92. The number of hydrogen-bond acceptors (Lipinski definition) is 1. The van der Waals surface area contributed by atoms with Gasteiger partial charge in [0.1, 0.15) is 0 Å². The highest BCUT2D eigenvalue weighted by atomic mass is 35.5. The molecule has 0 atom stereocenters. The number of nitrogens with two attached hydrogens (primary N) is 1. The number of para-hydroxylation sites is 1. The third-order valence-electron chi connectivity index (χ3n) is 2.17. The predicted molar refractivity (Wildman–Crippen MR) is 56.5 cm³/mol. The summed E-state index contributed by atoms with van der Waals surface area (Å²) in [5.74, 6) is -0.407. The van der Waals surface area contributed by atoms with Crippen LogP contribution in [0.5, 0.6) is 0 Å². The van der Waals surface area contributed by atoms with E-state index in [0.717, 1.165) is 5.69 Å². The summed E-state index contributed by atoms with van der Waals surface area (Å²) in [6, 6.07) is 13.3. The number of aromatic nitrogens is 1. The van der Waals surface area contributed by atoms with Crippen molar-refractivity contribution in [2.45, 2.75) is 0 Å². The summed E-state index contributed by atoms with van der Waals surface area (Å²) in [4.78, 5) is 10.9. The molecule has 0 aliphatic carbocycles. The molecule has 2 N–H and O–H groups in total. The number of hydrogen-bond donors (Lipinski definition) is 1. The monoisotopic (exact) mass is 234 g/mol. The Morgan fingerprint density at radius 2 is 1.56 bits per heavy atom. The van der Waals surface area contributed by atoms with Crippen molar-refractivity contribution in [3.63, 3.8) is 0 Å². The molecule has 2 rings (SSSR count). The average molecular weight is 235 g/mol. The predicted octanol–water partition coefficient (Wildman–Crippen LogP) is -1.93. The summed E-state index contributed by atoms with van der Waals surface area (Å²) in [7, 11) is 0. The van der Waals surface area contributed by atoms with Crippen molar-refractivity contribution >= 4 is 5.91 Å². The fraction of sp³-hybridized carbons (Fsp3) is 0. The number of benzene rings is 1. The lowest BCUT2D eigenvalue weighted by Gasteiger charge is -1.95. The fourth-order valence-corrected chi connectivity index (χ4v) is 1.36. The molecule has 2 aromatic rings. The first-order chi connectivity index (χ1) is 7.27. The van der Waals surface area contributed by atoms with Crippen molar-refractivity contribution in [3.05, 3.63) is 60.4 Å². The van der Waals surface area contributed by atoms with Gasteiger partial charge in [0.25, 0.3) is 0 Å². The quantitative estimate of drug-likeness (QED) is 0.605. The molecular formula is C12H11ClN2O. The van der Waals surface area contributed by atoms with Gasteiger partial charge >= 0.3 is 0 Å². The molecular weight excluding hydrogens is 224 g/mol. The van der Waals surface area contributed by atoms with Gasteiger partial charge in [-0.25, -0.2) is 0 Å². The van der Waals surface area contributed by atoms with Crippen LogP contribution in [-0.2, 0) is 0 Å². The molecule has 0 saturated carbocycles. The molecule has 1 heterocycles. The minimum atomic E-state index is -0.407. The van der Waals surface area contributed by atoms with E-state index in [2.05, 4.69) is 0 Å². The van der Waals surface area contributed by atoms with E-state index >= 15 is 0 Å². The Morgan fingerprint density at radius 3 is 2.06 bits per heavy atom. The van der Waals surface area contributed by atoms with Crippen LogP contribution in [0.2, 0.25) is 0 Å². The van der Waals surface area contributed by atoms with Crippen molar-refractivity contribution in [1.29, 1.82) is 0 Å². The van der Waals surface area contributed by atoms with Gasteiger partial charge in [0.2, 0.25) is 11.6 Å². The minimum absolute atomic E-state index is 0. The van der Waals surface area contributed by atoms with Crippen molar-refractivity contribution < 1.29 is 21.8 Å². The molecule has 1 aromatic heterocycles. The zero-order valence-electron chi connectivity index (χ0n) is 8.51. The van der Waals surface area contributed by atoms with Crippen molar-refractivity contribution in [2.75, 3.05) is 0 Å². The molecule has 0 aliphatic heterocycles. The van der Waals surface area contributed by atoms with Crippen molar-refractivity contribution in [1.82, 2.24) is 0 Å². The van der Waals surface area contributed by atoms with Crippen LogP contribution in [-0.4, -0.2) is 5.91 Å². The summed E-state index contributed by atoms with van der Waals surface area (Å²) in [6.07, 6.45) is 3.63. The van der Waals surface area contributed by atoms with Crippen LogP contribution in [0.1, 0.15) is 10.4 Å². The van der Waals surface area contributed by atoms with E-state index in [1.54, 1.807) is 12.1 Å². The molecule has 1 aromatic carbocycles. The molecule has 0 saturated heterocycles. The molecule has 0 aliphatic rings. The lowest BCUT2D eigenvalue weighted by atomic mass is 10.2. The van der Waals surface area contributed by atoms with E-state index in [0.29, 0.717) is 5.56 Å². The van der Waals surface area contributed by atoms with Gasteiger partial charge in [-0.05, 0) is 0 Å². The van der Waals surface area contributed by atoms with Crippen LogP contribution in [0.4, 0.5) is 0 Å². The smallest absolute Gasteiger partial charge is 0.249 e.